The fourth-order valence-electron chi connectivity index (χ4n) is 2.55. The second kappa shape index (κ2) is 6.37. The largest absolute Gasteiger partial charge is 0.424 e. The zero-order chi connectivity index (χ0) is 17.4. The summed E-state index contributed by atoms with van der Waals surface area (Å²) in [7, 11) is 0. The molecule has 0 unspecified atom stereocenters. The van der Waals surface area contributed by atoms with Crippen LogP contribution in [0.1, 0.15) is 31.0 Å². The predicted octanol–water partition coefficient (Wildman–Crippen LogP) is 2.23. The third-order valence-corrected chi connectivity index (χ3v) is 4.73. The van der Waals surface area contributed by atoms with Crippen LogP contribution in [0.25, 0.3) is 0 Å². The summed E-state index contributed by atoms with van der Waals surface area (Å²) in [5.74, 6) is -0.764. The highest BCUT2D eigenvalue weighted by atomic mass is 32.1. The van der Waals surface area contributed by atoms with Gasteiger partial charge in [0.05, 0.1) is 18.6 Å². The number of ether oxygens (including phenoxy) is 1. The molecule has 1 fully saturated rings. The number of carbonyl (C=O) groups is 1. The molecule has 3 atom stereocenters. The van der Waals surface area contributed by atoms with Gasteiger partial charge >= 0.3 is 6.18 Å². The van der Waals surface area contributed by atoms with Gasteiger partial charge in [0.2, 0.25) is 11.5 Å². The van der Waals surface area contributed by atoms with E-state index in [9.17, 15) is 23.1 Å². The van der Waals surface area contributed by atoms with Crippen LogP contribution in [0.3, 0.4) is 0 Å². The van der Waals surface area contributed by atoms with E-state index in [1.54, 1.807) is 13.8 Å². The molecule has 0 aliphatic carbocycles. The van der Waals surface area contributed by atoms with Gasteiger partial charge in [0.25, 0.3) is 0 Å². The van der Waals surface area contributed by atoms with Crippen LogP contribution in [0.5, 0.6) is 0 Å². The van der Waals surface area contributed by atoms with E-state index in [1.165, 1.54) is 17.2 Å². The Morgan fingerprint density at radius 3 is 2.43 bits per heavy atom. The number of alkyl halides is 3. The maximum atomic E-state index is 13.4. The van der Waals surface area contributed by atoms with E-state index < -0.39 is 29.1 Å². The summed E-state index contributed by atoms with van der Waals surface area (Å²) in [5, 5.41) is 11.1. The quantitative estimate of drug-likeness (QED) is 0.906. The van der Waals surface area contributed by atoms with Gasteiger partial charge in [0, 0.05) is 24.2 Å². The number of aromatic nitrogens is 1. The molecule has 1 aliphatic rings. The first-order valence-corrected chi connectivity index (χ1v) is 8.06. The lowest BCUT2D eigenvalue weighted by atomic mass is 9.98. The van der Waals surface area contributed by atoms with E-state index in [1.807, 2.05) is 0 Å². The number of hydrogen-bond acceptors (Lipinski definition) is 5. The van der Waals surface area contributed by atoms with Gasteiger partial charge in [-0.25, -0.2) is 4.98 Å². The molecule has 130 valence electrons. The fraction of sp³-hybridized carbons (Fsp3) is 0.714. The monoisotopic (exact) mass is 352 g/mol. The molecule has 1 aromatic heterocycles. The number of amides is 1. The molecule has 0 bridgehead atoms. The van der Waals surface area contributed by atoms with Gasteiger partial charge in [0.1, 0.15) is 5.01 Å². The van der Waals surface area contributed by atoms with Crippen LogP contribution >= 0.6 is 11.3 Å². The molecule has 1 amide bonds. The summed E-state index contributed by atoms with van der Waals surface area (Å²) in [6.07, 6.45) is -6.59. The Bertz CT molecular complexity index is 568. The van der Waals surface area contributed by atoms with Crippen molar-refractivity contribution in [1.29, 1.82) is 0 Å². The molecule has 9 heteroatoms. The summed E-state index contributed by atoms with van der Waals surface area (Å²) in [4.78, 5) is 17.4. The van der Waals surface area contributed by atoms with E-state index in [4.69, 9.17) is 4.74 Å². The van der Waals surface area contributed by atoms with E-state index >= 15 is 0 Å². The first-order chi connectivity index (χ1) is 10.5. The molecule has 1 aliphatic heterocycles. The SMILES string of the molecule is Cc1csc([C@@](O)(CC(=O)N2C[C@@H](C)O[C@@H](C)C2)C(F)(F)F)n1. The molecule has 1 saturated heterocycles. The number of aliphatic hydroxyl groups is 1. The van der Waals surface area contributed by atoms with Crippen molar-refractivity contribution in [3.05, 3.63) is 16.1 Å². The van der Waals surface area contributed by atoms with Crippen molar-refractivity contribution in [2.45, 2.75) is 51.2 Å². The van der Waals surface area contributed by atoms with Gasteiger partial charge in [-0.1, -0.05) is 0 Å². The Kier molecular flexibility index (Phi) is 5.03. The Morgan fingerprint density at radius 2 is 2.00 bits per heavy atom. The molecule has 1 aromatic rings. The van der Waals surface area contributed by atoms with Gasteiger partial charge in [-0.2, -0.15) is 13.2 Å². The average Bonchev–Trinajstić information content (AvgIpc) is 2.83. The predicted molar refractivity (Wildman–Crippen MR) is 78.0 cm³/mol. The van der Waals surface area contributed by atoms with Gasteiger partial charge < -0.3 is 14.7 Å². The minimum absolute atomic E-state index is 0.202. The molecule has 5 nitrogen and oxygen atoms in total. The molecule has 2 heterocycles. The third-order valence-electron chi connectivity index (χ3n) is 3.62. The van der Waals surface area contributed by atoms with Crippen LogP contribution in [-0.4, -0.2) is 52.4 Å². The summed E-state index contributed by atoms with van der Waals surface area (Å²) < 4.78 is 45.7. The van der Waals surface area contributed by atoms with Gasteiger partial charge in [0.15, 0.2) is 0 Å². The minimum atomic E-state index is -4.99. The number of rotatable bonds is 3. The summed E-state index contributed by atoms with van der Waals surface area (Å²) in [5.41, 5.74) is -2.90. The van der Waals surface area contributed by atoms with E-state index in [-0.39, 0.29) is 25.3 Å². The maximum absolute atomic E-state index is 13.4. The second-order valence-corrected chi connectivity index (χ2v) is 6.74. The first kappa shape index (κ1) is 18.2. The summed E-state index contributed by atoms with van der Waals surface area (Å²) in [6.45, 7) is 5.43. The van der Waals surface area contributed by atoms with E-state index in [0.29, 0.717) is 17.0 Å². The Hall–Kier alpha value is -1.19. The molecule has 0 radical (unpaired) electrons. The van der Waals surface area contributed by atoms with Crippen molar-refractivity contribution in [3.8, 4) is 0 Å². The normalized spacial score (nSPS) is 25.3. The Labute approximate surface area is 136 Å². The maximum Gasteiger partial charge on any atom is 0.424 e. The number of thiazole rings is 1. The van der Waals surface area contributed by atoms with Crippen LogP contribution < -0.4 is 0 Å². The third kappa shape index (κ3) is 3.84. The highest BCUT2D eigenvalue weighted by Crippen LogP contribution is 2.43. The number of hydrogen-bond donors (Lipinski definition) is 1. The van der Waals surface area contributed by atoms with Gasteiger partial charge in [-0.3, -0.25) is 4.79 Å². The van der Waals surface area contributed by atoms with Gasteiger partial charge in [-0.05, 0) is 20.8 Å². The first-order valence-electron chi connectivity index (χ1n) is 7.18. The van der Waals surface area contributed by atoms with Crippen LogP contribution in [-0.2, 0) is 15.1 Å². The highest BCUT2D eigenvalue weighted by molar-refractivity contribution is 7.09. The number of nitrogens with zero attached hydrogens (tertiary/aromatic N) is 2. The molecule has 2 rings (SSSR count). The van der Waals surface area contributed by atoms with Crippen LogP contribution in [0.4, 0.5) is 13.2 Å². The lowest BCUT2D eigenvalue weighted by molar-refractivity contribution is -0.268. The highest BCUT2D eigenvalue weighted by Gasteiger charge is 2.58. The summed E-state index contributed by atoms with van der Waals surface area (Å²) in [6, 6.07) is 0. The van der Waals surface area contributed by atoms with Crippen LogP contribution in [0.15, 0.2) is 5.38 Å². The van der Waals surface area contributed by atoms with Crippen molar-refractivity contribution >= 4 is 17.2 Å². The lowest BCUT2D eigenvalue weighted by Crippen LogP contribution is -2.52. The number of halogens is 3. The zero-order valence-corrected chi connectivity index (χ0v) is 13.9. The van der Waals surface area contributed by atoms with Crippen LogP contribution in [0.2, 0.25) is 0 Å². The second-order valence-electron chi connectivity index (χ2n) is 5.88. The topological polar surface area (TPSA) is 62.7 Å². The number of carbonyl (C=O) groups excluding carboxylic acids is 1. The van der Waals surface area contributed by atoms with Crippen LogP contribution in [0, 0.1) is 6.92 Å². The number of aryl methyl sites for hydroxylation is 1. The molecular formula is C14H19F3N2O3S. The summed E-state index contributed by atoms with van der Waals surface area (Å²) >= 11 is 0.697. The van der Waals surface area contributed by atoms with Crippen molar-refractivity contribution in [3.63, 3.8) is 0 Å². The van der Waals surface area contributed by atoms with E-state index in [2.05, 4.69) is 4.98 Å². The van der Waals surface area contributed by atoms with Crippen molar-refractivity contribution < 1.29 is 27.8 Å². The van der Waals surface area contributed by atoms with Crippen molar-refractivity contribution in [1.82, 2.24) is 9.88 Å². The number of morpholine rings is 1. The Morgan fingerprint density at radius 1 is 1.43 bits per heavy atom. The lowest BCUT2D eigenvalue weighted by Gasteiger charge is -2.37. The minimum Gasteiger partial charge on any atom is -0.374 e. The van der Waals surface area contributed by atoms with Crippen molar-refractivity contribution in [2.24, 2.45) is 0 Å². The van der Waals surface area contributed by atoms with Crippen molar-refractivity contribution in [2.75, 3.05) is 13.1 Å². The van der Waals surface area contributed by atoms with Gasteiger partial charge in [-0.15, -0.1) is 11.3 Å². The van der Waals surface area contributed by atoms with E-state index in [0.717, 1.165) is 0 Å². The average molecular weight is 352 g/mol. The Balaban J connectivity index is 2.23. The smallest absolute Gasteiger partial charge is 0.374 e. The molecule has 0 saturated carbocycles. The molecular weight excluding hydrogens is 333 g/mol. The fourth-order valence-corrected chi connectivity index (χ4v) is 3.47. The molecule has 23 heavy (non-hydrogen) atoms. The zero-order valence-electron chi connectivity index (χ0n) is 13.1. The molecule has 0 aromatic carbocycles. The molecule has 0 spiro atoms. The standard InChI is InChI=1S/C14H19F3N2O3S/c1-8-7-23-12(18-8)13(21,14(15,16)17)4-11(20)19-5-9(2)22-10(3)6-19/h7,9-10,21H,4-6H2,1-3H3/t9-,10+,13-/m0/s1. The molecule has 1 N–H and O–H groups in total.